The Balaban J connectivity index is 1.98. The van der Waals surface area contributed by atoms with Crippen molar-refractivity contribution < 1.29 is 9.53 Å². The van der Waals surface area contributed by atoms with Crippen LogP contribution in [-0.2, 0) is 4.74 Å². The topological polar surface area (TPSA) is 81.3 Å². The molecule has 0 unspecified atom stereocenters. The number of nitrogens with zero attached hydrogens (tertiary/aromatic N) is 3. The van der Waals surface area contributed by atoms with E-state index < -0.39 is 0 Å². The van der Waals surface area contributed by atoms with E-state index in [1.54, 1.807) is 11.0 Å². The number of unbranched alkanes of at least 4 members (excludes halogenated alkanes) is 1. The second kappa shape index (κ2) is 7.26. The summed E-state index contributed by atoms with van der Waals surface area (Å²) in [6.45, 7) is 3.62. The number of nitrogens with two attached hydrogens (primary N) is 1. The van der Waals surface area contributed by atoms with Crippen LogP contribution in [-0.4, -0.2) is 40.9 Å². The van der Waals surface area contributed by atoms with Gasteiger partial charge < -0.3 is 15.4 Å². The highest BCUT2D eigenvalue weighted by atomic mass is 35.5. The van der Waals surface area contributed by atoms with Crippen LogP contribution in [0.25, 0.3) is 5.57 Å². The first kappa shape index (κ1) is 15.6. The number of carbonyl (C=O) groups excluding carboxylic acids is 1. The summed E-state index contributed by atoms with van der Waals surface area (Å²) >= 11 is 5.85. The molecule has 114 valence electrons. The van der Waals surface area contributed by atoms with Crippen LogP contribution >= 0.6 is 11.6 Å². The van der Waals surface area contributed by atoms with Gasteiger partial charge >= 0.3 is 6.09 Å². The molecule has 7 heteroatoms. The van der Waals surface area contributed by atoms with Gasteiger partial charge in [-0.1, -0.05) is 31.0 Å². The molecule has 2 rings (SSSR count). The molecule has 21 heavy (non-hydrogen) atoms. The largest absolute Gasteiger partial charge is 0.449 e. The summed E-state index contributed by atoms with van der Waals surface area (Å²) < 4.78 is 5.20. The Morgan fingerprint density at radius 2 is 2.33 bits per heavy atom. The number of ether oxygens (including phenoxy) is 1. The molecule has 0 aliphatic carbocycles. The highest BCUT2D eigenvalue weighted by Gasteiger charge is 2.20. The van der Waals surface area contributed by atoms with E-state index in [4.69, 9.17) is 22.1 Å². The van der Waals surface area contributed by atoms with Gasteiger partial charge in [0.1, 0.15) is 0 Å². The highest BCUT2D eigenvalue weighted by molar-refractivity contribution is 6.29. The Labute approximate surface area is 128 Å². The number of hydrogen-bond donors (Lipinski definition) is 1. The summed E-state index contributed by atoms with van der Waals surface area (Å²) in [5.74, 6) is 0.352. The molecular formula is C14H19ClN4O2. The fourth-order valence-corrected chi connectivity index (χ4v) is 2.26. The van der Waals surface area contributed by atoms with Crippen molar-refractivity contribution in [1.82, 2.24) is 15.1 Å². The Bertz CT molecular complexity index is 548. The van der Waals surface area contributed by atoms with Crippen molar-refractivity contribution in [2.75, 3.05) is 25.4 Å². The van der Waals surface area contributed by atoms with E-state index >= 15 is 0 Å². The van der Waals surface area contributed by atoms with Crippen molar-refractivity contribution in [2.45, 2.75) is 26.2 Å². The van der Waals surface area contributed by atoms with E-state index in [-0.39, 0.29) is 6.09 Å². The van der Waals surface area contributed by atoms with E-state index in [0.717, 1.165) is 24.0 Å². The maximum atomic E-state index is 11.8. The summed E-state index contributed by atoms with van der Waals surface area (Å²) in [5, 5.41) is 7.81. The lowest BCUT2D eigenvalue weighted by Crippen LogP contribution is -2.35. The monoisotopic (exact) mass is 310 g/mol. The Hall–Kier alpha value is -1.82. The number of aromatic nitrogens is 2. The summed E-state index contributed by atoms with van der Waals surface area (Å²) in [7, 11) is 0. The average molecular weight is 311 g/mol. The molecule has 1 aromatic rings. The van der Waals surface area contributed by atoms with E-state index in [1.807, 2.05) is 6.08 Å². The van der Waals surface area contributed by atoms with Crippen molar-refractivity contribution in [1.29, 1.82) is 0 Å². The molecule has 2 heterocycles. The van der Waals surface area contributed by atoms with Gasteiger partial charge in [0, 0.05) is 18.7 Å². The number of rotatable bonds is 4. The molecule has 0 saturated heterocycles. The lowest BCUT2D eigenvalue weighted by Gasteiger charge is -2.26. The SMILES string of the molecule is CCCCOC(=O)N1CC=C(c2cc(Cl)nnc2N)CC1. The molecule has 0 aromatic carbocycles. The predicted octanol–water partition coefficient (Wildman–Crippen LogP) is 2.74. The molecule has 1 amide bonds. The van der Waals surface area contributed by atoms with Gasteiger partial charge in [0.15, 0.2) is 11.0 Å². The van der Waals surface area contributed by atoms with E-state index in [1.165, 1.54) is 0 Å². The van der Waals surface area contributed by atoms with Crippen LogP contribution in [0.3, 0.4) is 0 Å². The molecule has 2 N–H and O–H groups in total. The van der Waals surface area contributed by atoms with Crippen LogP contribution in [0.5, 0.6) is 0 Å². The fourth-order valence-electron chi connectivity index (χ4n) is 2.11. The second-order valence-corrected chi connectivity index (χ2v) is 5.25. The minimum atomic E-state index is -0.266. The van der Waals surface area contributed by atoms with Crippen molar-refractivity contribution in [3.8, 4) is 0 Å². The number of halogens is 1. The maximum Gasteiger partial charge on any atom is 0.410 e. The molecule has 0 fully saturated rings. The molecule has 0 atom stereocenters. The van der Waals surface area contributed by atoms with E-state index in [2.05, 4.69) is 17.1 Å². The standard InChI is InChI=1S/C14H19ClN4O2/c1-2-3-8-21-14(20)19-6-4-10(5-7-19)11-9-12(15)17-18-13(11)16/h4,9H,2-3,5-8H2,1H3,(H2,16,18). The molecule has 0 saturated carbocycles. The maximum absolute atomic E-state index is 11.8. The normalized spacial score (nSPS) is 14.8. The molecule has 1 aliphatic heterocycles. The van der Waals surface area contributed by atoms with Crippen LogP contribution in [0, 0.1) is 0 Å². The lowest BCUT2D eigenvalue weighted by atomic mass is 10.0. The Kier molecular flexibility index (Phi) is 5.38. The third kappa shape index (κ3) is 4.07. The van der Waals surface area contributed by atoms with Crippen LogP contribution in [0.4, 0.5) is 10.6 Å². The molecule has 0 radical (unpaired) electrons. The van der Waals surface area contributed by atoms with Crippen LogP contribution in [0.15, 0.2) is 12.1 Å². The molecule has 0 spiro atoms. The van der Waals surface area contributed by atoms with Gasteiger partial charge in [-0.2, -0.15) is 0 Å². The van der Waals surface area contributed by atoms with Crippen LogP contribution in [0.1, 0.15) is 31.7 Å². The first-order valence-corrected chi connectivity index (χ1v) is 7.39. The van der Waals surface area contributed by atoms with Gasteiger partial charge in [0.05, 0.1) is 6.61 Å². The zero-order valence-corrected chi connectivity index (χ0v) is 12.8. The molecule has 1 aromatic heterocycles. The molecular weight excluding hydrogens is 292 g/mol. The van der Waals surface area contributed by atoms with Crippen molar-refractivity contribution in [2.24, 2.45) is 0 Å². The molecule has 6 nitrogen and oxygen atoms in total. The smallest absolute Gasteiger partial charge is 0.410 e. The van der Waals surface area contributed by atoms with Gasteiger partial charge in [-0.05, 0) is 24.5 Å². The fraction of sp³-hybridized carbons (Fsp3) is 0.500. The van der Waals surface area contributed by atoms with Crippen LogP contribution < -0.4 is 5.73 Å². The highest BCUT2D eigenvalue weighted by Crippen LogP contribution is 2.27. The first-order chi connectivity index (χ1) is 10.1. The van der Waals surface area contributed by atoms with Gasteiger partial charge in [0.2, 0.25) is 0 Å². The summed E-state index contributed by atoms with van der Waals surface area (Å²) in [6, 6.07) is 1.70. The van der Waals surface area contributed by atoms with Crippen molar-refractivity contribution in [3.05, 3.63) is 22.9 Å². The molecule has 0 bridgehead atoms. The van der Waals surface area contributed by atoms with Gasteiger partial charge in [-0.3, -0.25) is 0 Å². The third-order valence-corrected chi connectivity index (χ3v) is 3.51. The van der Waals surface area contributed by atoms with Crippen LogP contribution in [0.2, 0.25) is 5.15 Å². The zero-order valence-electron chi connectivity index (χ0n) is 12.0. The van der Waals surface area contributed by atoms with Gasteiger partial charge in [0.25, 0.3) is 0 Å². The summed E-state index contributed by atoms with van der Waals surface area (Å²) in [6.07, 6.45) is 4.27. The molecule has 1 aliphatic rings. The number of nitrogen functional groups attached to an aromatic ring is 1. The quantitative estimate of drug-likeness (QED) is 0.865. The first-order valence-electron chi connectivity index (χ1n) is 7.01. The van der Waals surface area contributed by atoms with Crippen molar-refractivity contribution >= 4 is 29.1 Å². The van der Waals surface area contributed by atoms with Crippen molar-refractivity contribution in [3.63, 3.8) is 0 Å². The lowest BCUT2D eigenvalue weighted by molar-refractivity contribution is 0.105. The number of anilines is 1. The number of amides is 1. The zero-order chi connectivity index (χ0) is 15.2. The third-order valence-electron chi connectivity index (χ3n) is 3.33. The Morgan fingerprint density at radius 3 is 3.00 bits per heavy atom. The summed E-state index contributed by atoms with van der Waals surface area (Å²) in [5.41, 5.74) is 7.63. The number of hydrogen-bond acceptors (Lipinski definition) is 5. The summed E-state index contributed by atoms with van der Waals surface area (Å²) in [4.78, 5) is 13.5. The van der Waals surface area contributed by atoms with E-state index in [9.17, 15) is 4.79 Å². The second-order valence-electron chi connectivity index (χ2n) is 4.86. The predicted molar refractivity (Wildman–Crippen MR) is 81.9 cm³/mol. The van der Waals surface area contributed by atoms with Gasteiger partial charge in [-0.25, -0.2) is 4.79 Å². The minimum absolute atomic E-state index is 0.266. The number of carbonyl (C=O) groups is 1. The minimum Gasteiger partial charge on any atom is -0.449 e. The van der Waals surface area contributed by atoms with E-state index in [0.29, 0.717) is 37.1 Å². The Morgan fingerprint density at radius 1 is 1.52 bits per heavy atom. The van der Waals surface area contributed by atoms with Gasteiger partial charge in [-0.15, -0.1) is 10.2 Å². The average Bonchev–Trinajstić information content (AvgIpc) is 2.50.